The van der Waals surface area contributed by atoms with E-state index in [1.165, 1.54) is 64.2 Å². The first-order valence-corrected chi connectivity index (χ1v) is 13.5. The van der Waals surface area contributed by atoms with Crippen molar-refractivity contribution in [1.82, 2.24) is 9.78 Å². The zero-order chi connectivity index (χ0) is 22.5. The minimum absolute atomic E-state index is 0.238. The molecule has 1 aromatic heterocycles. The maximum atomic E-state index is 11.7. The maximum Gasteiger partial charge on any atom is 0.102 e. The fraction of sp³-hybridized carbons (Fsp3) is 0.857. The Morgan fingerprint density at radius 2 is 1.97 bits per heavy atom. The molecular weight excluding hydrogens is 394 g/mol. The number of hydrogen-bond donors (Lipinski definition) is 1. The summed E-state index contributed by atoms with van der Waals surface area (Å²) in [6, 6.07) is 2.15. The molecule has 4 aliphatic carbocycles. The summed E-state index contributed by atoms with van der Waals surface area (Å²) in [6.07, 6.45) is 18.6. The molecule has 9 atom stereocenters. The zero-order valence-electron chi connectivity index (χ0n) is 20.5. The van der Waals surface area contributed by atoms with Crippen molar-refractivity contribution in [3.05, 3.63) is 18.0 Å². The lowest BCUT2D eigenvalue weighted by Crippen LogP contribution is -2.52. The van der Waals surface area contributed by atoms with Gasteiger partial charge in [0.05, 0.1) is 23.9 Å². The Morgan fingerprint density at radius 1 is 1.16 bits per heavy atom. The summed E-state index contributed by atoms with van der Waals surface area (Å²) in [7, 11) is 0. The summed E-state index contributed by atoms with van der Waals surface area (Å²) in [6.45, 7) is 7.37. The molecule has 0 saturated heterocycles. The van der Waals surface area contributed by atoms with E-state index < -0.39 is 5.60 Å². The van der Waals surface area contributed by atoms with Gasteiger partial charge in [-0.2, -0.15) is 10.4 Å². The van der Waals surface area contributed by atoms with Crippen molar-refractivity contribution in [3.63, 3.8) is 0 Å². The molecule has 4 saturated carbocycles. The molecule has 0 aromatic carbocycles. The quantitative estimate of drug-likeness (QED) is 0.597. The lowest BCUT2D eigenvalue weighted by molar-refractivity contribution is -0.115. The van der Waals surface area contributed by atoms with Gasteiger partial charge in [-0.15, -0.1) is 0 Å². The Labute approximate surface area is 194 Å². The number of hydrogen-bond acceptors (Lipinski definition) is 3. The van der Waals surface area contributed by atoms with Crippen LogP contribution in [0.5, 0.6) is 0 Å². The largest absolute Gasteiger partial charge is 0.388 e. The number of nitriles is 1. The van der Waals surface area contributed by atoms with Gasteiger partial charge in [0.25, 0.3) is 0 Å². The molecule has 0 bridgehead atoms. The van der Waals surface area contributed by atoms with E-state index in [1.54, 1.807) is 17.1 Å². The fourth-order valence-electron chi connectivity index (χ4n) is 9.59. The van der Waals surface area contributed by atoms with Gasteiger partial charge < -0.3 is 5.11 Å². The van der Waals surface area contributed by atoms with E-state index >= 15 is 0 Å². The predicted octanol–water partition coefficient (Wildman–Crippen LogP) is 6.19. The molecule has 0 radical (unpaired) electrons. The van der Waals surface area contributed by atoms with Crippen LogP contribution >= 0.6 is 0 Å². The fourth-order valence-corrected chi connectivity index (χ4v) is 9.59. The van der Waals surface area contributed by atoms with Gasteiger partial charge in [0, 0.05) is 6.20 Å². The topological polar surface area (TPSA) is 61.8 Å². The van der Waals surface area contributed by atoms with E-state index in [2.05, 4.69) is 25.0 Å². The first kappa shape index (κ1) is 22.5. The molecular formula is C28H43N3O. The molecule has 4 nitrogen and oxygen atoms in total. The SMILES string of the molecule is CCC[C@H]1CC[C@H]2[C@@H](CC[C@@H]3[C@@H]2CC[C@]2(C)C(C(C)(O)Cn4cc(C#N)cn4)CC[C@@H]32)C1. The first-order valence-electron chi connectivity index (χ1n) is 13.5. The number of fused-ring (bicyclic) bond motifs is 5. The van der Waals surface area contributed by atoms with Crippen LogP contribution in [0.25, 0.3) is 0 Å². The van der Waals surface area contributed by atoms with E-state index in [0.717, 1.165) is 41.9 Å². The van der Waals surface area contributed by atoms with Gasteiger partial charge in [-0.05, 0) is 105 Å². The van der Waals surface area contributed by atoms with Crippen LogP contribution in [0.2, 0.25) is 0 Å². The van der Waals surface area contributed by atoms with Crippen LogP contribution in [-0.4, -0.2) is 20.5 Å². The van der Waals surface area contributed by atoms with Crippen molar-refractivity contribution >= 4 is 0 Å². The third-order valence-corrected chi connectivity index (χ3v) is 10.8. The summed E-state index contributed by atoms with van der Waals surface area (Å²) in [4.78, 5) is 0. The van der Waals surface area contributed by atoms with Crippen LogP contribution in [0.3, 0.4) is 0 Å². The Morgan fingerprint density at radius 3 is 2.72 bits per heavy atom. The highest BCUT2D eigenvalue weighted by atomic mass is 16.3. The maximum absolute atomic E-state index is 11.7. The molecule has 0 amide bonds. The summed E-state index contributed by atoms with van der Waals surface area (Å²) in [5.74, 6) is 5.91. The van der Waals surface area contributed by atoms with Gasteiger partial charge in [-0.3, -0.25) is 4.68 Å². The van der Waals surface area contributed by atoms with E-state index in [1.807, 2.05) is 6.92 Å². The predicted molar refractivity (Wildman–Crippen MR) is 127 cm³/mol. The molecule has 1 aromatic rings. The molecule has 1 heterocycles. The van der Waals surface area contributed by atoms with Crippen molar-refractivity contribution in [2.75, 3.05) is 0 Å². The Hall–Kier alpha value is -1.34. The highest BCUT2D eigenvalue weighted by Crippen LogP contribution is 2.66. The summed E-state index contributed by atoms with van der Waals surface area (Å²) < 4.78 is 1.78. The number of nitrogens with zero attached hydrogens (tertiary/aromatic N) is 3. The van der Waals surface area contributed by atoms with Crippen molar-refractivity contribution in [1.29, 1.82) is 5.26 Å². The van der Waals surface area contributed by atoms with E-state index in [4.69, 9.17) is 5.26 Å². The van der Waals surface area contributed by atoms with Gasteiger partial charge in [-0.25, -0.2) is 0 Å². The Kier molecular flexibility index (Phi) is 5.94. The smallest absolute Gasteiger partial charge is 0.102 e. The standard InChI is InChI=1S/C28H43N3O/c1-4-5-19-6-8-22-21(14-19)7-9-24-23(22)12-13-27(2)25(24)10-11-26(27)28(3,32)18-31-17-20(15-29)16-30-31/h16-17,19,21-26,32H,4-14,18H2,1-3H3/t19-,21-,22-,23+,24+,25-,26?,27-,28?/m0/s1. The van der Waals surface area contributed by atoms with Crippen molar-refractivity contribution < 1.29 is 5.11 Å². The van der Waals surface area contributed by atoms with Crippen LogP contribution in [0.1, 0.15) is 97.0 Å². The third-order valence-electron chi connectivity index (χ3n) is 10.8. The minimum atomic E-state index is -0.787. The van der Waals surface area contributed by atoms with Crippen LogP contribution in [0, 0.1) is 58.2 Å². The summed E-state index contributed by atoms with van der Waals surface area (Å²) >= 11 is 0. The molecule has 2 unspecified atom stereocenters. The second kappa shape index (κ2) is 8.46. The molecule has 1 N–H and O–H groups in total. The molecule has 0 spiro atoms. The number of rotatable bonds is 5. The lowest BCUT2D eigenvalue weighted by atomic mass is 9.48. The van der Waals surface area contributed by atoms with Gasteiger partial charge in [0.15, 0.2) is 0 Å². The molecule has 5 rings (SSSR count). The Balaban J connectivity index is 1.30. The summed E-state index contributed by atoms with van der Waals surface area (Å²) in [5.41, 5.74) is 0.0225. The summed E-state index contributed by atoms with van der Waals surface area (Å²) in [5, 5.41) is 25.1. The highest BCUT2D eigenvalue weighted by molar-refractivity contribution is 5.21. The van der Waals surface area contributed by atoms with Gasteiger partial charge in [-0.1, -0.05) is 33.1 Å². The van der Waals surface area contributed by atoms with E-state index in [9.17, 15) is 5.11 Å². The second-order valence-corrected chi connectivity index (χ2v) is 12.5. The minimum Gasteiger partial charge on any atom is -0.388 e. The van der Waals surface area contributed by atoms with Crippen LogP contribution in [0.15, 0.2) is 12.4 Å². The molecule has 32 heavy (non-hydrogen) atoms. The van der Waals surface area contributed by atoms with Crippen molar-refractivity contribution in [3.8, 4) is 6.07 Å². The van der Waals surface area contributed by atoms with E-state index in [0.29, 0.717) is 18.0 Å². The van der Waals surface area contributed by atoms with Gasteiger partial charge in [0.2, 0.25) is 0 Å². The van der Waals surface area contributed by atoms with Crippen LogP contribution < -0.4 is 0 Å². The molecule has 4 aliphatic rings. The van der Waals surface area contributed by atoms with Crippen molar-refractivity contribution in [2.45, 2.75) is 104 Å². The average Bonchev–Trinajstić information content (AvgIpc) is 3.37. The number of aromatic nitrogens is 2. The highest BCUT2D eigenvalue weighted by Gasteiger charge is 2.60. The Bertz CT molecular complexity index is 853. The second-order valence-electron chi connectivity index (χ2n) is 12.5. The zero-order valence-corrected chi connectivity index (χ0v) is 20.5. The molecule has 4 fully saturated rings. The monoisotopic (exact) mass is 437 g/mol. The third kappa shape index (κ3) is 3.73. The van der Waals surface area contributed by atoms with Gasteiger partial charge >= 0.3 is 0 Å². The average molecular weight is 438 g/mol. The van der Waals surface area contributed by atoms with E-state index in [-0.39, 0.29) is 5.41 Å². The van der Waals surface area contributed by atoms with Gasteiger partial charge in [0.1, 0.15) is 6.07 Å². The molecule has 0 aliphatic heterocycles. The first-order chi connectivity index (χ1) is 15.4. The normalized spacial score (nSPS) is 42.9. The molecule has 176 valence electrons. The molecule has 4 heteroatoms. The van der Waals surface area contributed by atoms with Crippen LogP contribution in [0.4, 0.5) is 0 Å². The lowest BCUT2D eigenvalue weighted by Gasteiger charge is -2.57. The van der Waals surface area contributed by atoms with Crippen molar-refractivity contribution in [2.24, 2.45) is 46.8 Å². The van der Waals surface area contributed by atoms with Crippen LogP contribution in [-0.2, 0) is 6.54 Å². The number of aliphatic hydroxyl groups is 1.